The topological polar surface area (TPSA) is 77.5 Å². The Morgan fingerprint density at radius 3 is 2.75 bits per heavy atom. The largest absolute Gasteiger partial charge is 0.497 e. The molecule has 1 amide bonds. The van der Waals surface area contributed by atoms with E-state index in [0.717, 1.165) is 11.3 Å². The first-order chi connectivity index (χ1) is 11.6. The molecule has 0 spiro atoms. The summed E-state index contributed by atoms with van der Waals surface area (Å²) in [4.78, 5) is 27.6. The summed E-state index contributed by atoms with van der Waals surface area (Å²) in [6.07, 6.45) is 2.51. The molecule has 0 radical (unpaired) electrons. The summed E-state index contributed by atoms with van der Waals surface area (Å²) in [5.41, 5.74) is 2.05. The van der Waals surface area contributed by atoms with Crippen molar-refractivity contribution in [1.82, 2.24) is 10.3 Å². The van der Waals surface area contributed by atoms with Gasteiger partial charge in [0.25, 0.3) is 0 Å². The van der Waals surface area contributed by atoms with Gasteiger partial charge in [-0.15, -0.1) is 0 Å². The van der Waals surface area contributed by atoms with Crippen LogP contribution in [-0.2, 0) is 22.5 Å². The van der Waals surface area contributed by atoms with Gasteiger partial charge in [0.2, 0.25) is 5.91 Å². The lowest BCUT2D eigenvalue weighted by atomic mass is 10.1. The Morgan fingerprint density at radius 1 is 1.17 bits per heavy atom. The maximum absolute atomic E-state index is 12.0. The molecule has 1 N–H and O–H groups in total. The first-order valence-corrected chi connectivity index (χ1v) is 7.55. The van der Waals surface area contributed by atoms with Crippen LogP contribution in [0, 0.1) is 0 Å². The molecule has 126 valence electrons. The van der Waals surface area contributed by atoms with Crippen LogP contribution in [-0.4, -0.2) is 31.1 Å². The summed E-state index contributed by atoms with van der Waals surface area (Å²) >= 11 is 0. The molecule has 0 fully saturated rings. The Balaban J connectivity index is 1.83. The number of hydrogen-bond donors (Lipinski definition) is 1. The first kappa shape index (κ1) is 17.5. The summed E-state index contributed by atoms with van der Waals surface area (Å²) in [5, 5.41) is 2.80. The van der Waals surface area contributed by atoms with Crippen molar-refractivity contribution in [2.24, 2.45) is 0 Å². The minimum absolute atomic E-state index is 0.0805. The smallest absolute Gasteiger partial charge is 0.337 e. The number of amides is 1. The number of carbonyl (C=O) groups excluding carboxylic acids is 2. The van der Waals surface area contributed by atoms with Crippen LogP contribution in [0.2, 0.25) is 0 Å². The highest BCUT2D eigenvalue weighted by molar-refractivity contribution is 5.89. The van der Waals surface area contributed by atoms with Gasteiger partial charge >= 0.3 is 5.97 Å². The van der Waals surface area contributed by atoms with Crippen LogP contribution < -0.4 is 10.1 Å². The molecule has 2 aromatic rings. The van der Waals surface area contributed by atoms with Gasteiger partial charge in [-0.25, -0.2) is 4.79 Å². The second-order valence-electron chi connectivity index (χ2n) is 5.16. The van der Waals surface area contributed by atoms with Crippen molar-refractivity contribution < 1.29 is 19.1 Å². The van der Waals surface area contributed by atoms with Crippen LogP contribution in [0.3, 0.4) is 0 Å². The van der Waals surface area contributed by atoms with E-state index in [1.165, 1.54) is 13.3 Å². The fraction of sp³-hybridized carbons (Fsp3) is 0.278. The van der Waals surface area contributed by atoms with E-state index in [2.05, 4.69) is 15.0 Å². The van der Waals surface area contributed by atoms with E-state index in [-0.39, 0.29) is 12.5 Å². The lowest BCUT2D eigenvalue weighted by Gasteiger charge is -2.07. The average Bonchev–Trinajstić information content (AvgIpc) is 2.64. The number of aromatic nitrogens is 1. The number of carbonyl (C=O) groups is 2. The molecular weight excluding hydrogens is 308 g/mol. The second kappa shape index (κ2) is 8.67. The number of ether oxygens (including phenoxy) is 2. The lowest BCUT2D eigenvalue weighted by Crippen LogP contribution is -2.23. The van der Waals surface area contributed by atoms with Crippen molar-refractivity contribution in [3.8, 4) is 5.75 Å². The third-order valence-corrected chi connectivity index (χ3v) is 3.48. The van der Waals surface area contributed by atoms with E-state index in [0.29, 0.717) is 24.1 Å². The monoisotopic (exact) mass is 328 g/mol. The maximum atomic E-state index is 12.0. The molecule has 0 aliphatic rings. The van der Waals surface area contributed by atoms with Crippen LogP contribution in [0.15, 0.2) is 42.6 Å². The quantitative estimate of drug-likeness (QED) is 0.788. The molecule has 6 heteroatoms. The van der Waals surface area contributed by atoms with Crippen LogP contribution in [0.25, 0.3) is 0 Å². The molecule has 1 aromatic carbocycles. The van der Waals surface area contributed by atoms with Crippen molar-refractivity contribution in [3.05, 3.63) is 59.4 Å². The summed E-state index contributed by atoms with van der Waals surface area (Å²) in [5.74, 6) is 0.267. The lowest BCUT2D eigenvalue weighted by molar-refractivity contribution is -0.121. The van der Waals surface area contributed by atoms with Crippen molar-refractivity contribution >= 4 is 11.9 Å². The average molecular weight is 328 g/mol. The number of nitrogens with one attached hydrogen (secondary N) is 1. The third kappa shape index (κ3) is 5.08. The molecule has 0 aliphatic heterocycles. The Morgan fingerprint density at radius 2 is 2.00 bits per heavy atom. The van der Waals surface area contributed by atoms with Gasteiger partial charge in [-0.3, -0.25) is 9.78 Å². The van der Waals surface area contributed by atoms with Crippen molar-refractivity contribution in [3.63, 3.8) is 0 Å². The number of esters is 1. The number of aryl methyl sites for hydroxylation is 1. The summed E-state index contributed by atoms with van der Waals surface area (Å²) in [6.45, 7) is 0.266. The van der Waals surface area contributed by atoms with Gasteiger partial charge in [0.1, 0.15) is 5.75 Å². The molecule has 0 unspecified atom stereocenters. The Hall–Kier alpha value is -2.89. The normalized spacial score (nSPS) is 10.1. The Bertz CT molecular complexity index is 716. The van der Waals surface area contributed by atoms with Gasteiger partial charge in [-0.2, -0.15) is 0 Å². The minimum Gasteiger partial charge on any atom is -0.497 e. The van der Waals surface area contributed by atoms with Gasteiger partial charge in [-0.05, 0) is 36.2 Å². The van der Waals surface area contributed by atoms with E-state index in [1.807, 2.05) is 24.3 Å². The highest BCUT2D eigenvalue weighted by Gasteiger charge is 2.08. The number of nitrogens with zero attached hydrogens (tertiary/aromatic N) is 1. The molecule has 2 rings (SSSR count). The molecule has 24 heavy (non-hydrogen) atoms. The highest BCUT2D eigenvalue weighted by atomic mass is 16.5. The predicted molar refractivity (Wildman–Crippen MR) is 88.7 cm³/mol. The number of benzene rings is 1. The molecule has 0 bridgehead atoms. The molecule has 0 atom stereocenters. The van der Waals surface area contributed by atoms with Gasteiger partial charge in [0.15, 0.2) is 0 Å². The second-order valence-corrected chi connectivity index (χ2v) is 5.16. The van der Waals surface area contributed by atoms with E-state index in [4.69, 9.17) is 4.74 Å². The maximum Gasteiger partial charge on any atom is 0.337 e. The van der Waals surface area contributed by atoms with E-state index in [1.54, 1.807) is 19.2 Å². The van der Waals surface area contributed by atoms with Gasteiger partial charge in [-0.1, -0.05) is 12.1 Å². The van der Waals surface area contributed by atoms with E-state index in [9.17, 15) is 9.59 Å². The van der Waals surface area contributed by atoms with Gasteiger partial charge in [0, 0.05) is 12.6 Å². The fourth-order valence-electron chi connectivity index (χ4n) is 2.18. The Labute approximate surface area is 140 Å². The number of rotatable bonds is 7. The fourth-order valence-corrected chi connectivity index (χ4v) is 2.18. The molecule has 0 saturated carbocycles. The van der Waals surface area contributed by atoms with E-state index < -0.39 is 5.97 Å². The molecule has 0 aliphatic carbocycles. The van der Waals surface area contributed by atoms with Crippen LogP contribution >= 0.6 is 0 Å². The molecule has 1 aromatic heterocycles. The molecule has 0 saturated heterocycles. The molecule has 6 nitrogen and oxygen atoms in total. The molecule has 1 heterocycles. The zero-order valence-electron chi connectivity index (χ0n) is 13.7. The van der Waals surface area contributed by atoms with Gasteiger partial charge < -0.3 is 14.8 Å². The predicted octanol–water partition coefficient (Wildman–Crippen LogP) is 2.13. The first-order valence-electron chi connectivity index (χ1n) is 7.55. The SMILES string of the molecule is COC(=O)c1ccnc(CNC(=O)CCc2cccc(OC)c2)c1. The number of hydrogen-bond acceptors (Lipinski definition) is 5. The zero-order chi connectivity index (χ0) is 17.4. The Kier molecular flexibility index (Phi) is 6.31. The van der Waals surface area contributed by atoms with Crippen molar-refractivity contribution in [2.45, 2.75) is 19.4 Å². The van der Waals surface area contributed by atoms with Crippen LogP contribution in [0.5, 0.6) is 5.75 Å². The minimum atomic E-state index is -0.428. The summed E-state index contributed by atoms with van der Waals surface area (Å²) in [7, 11) is 2.93. The highest BCUT2D eigenvalue weighted by Crippen LogP contribution is 2.13. The third-order valence-electron chi connectivity index (χ3n) is 3.48. The van der Waals surface area contributed by atoms with Crippen LogP contribution in [0.1, 0.15) is 28.0 Å². The van der Waals surface area contributed by atoms with E-state index >= 15 is 0 Å². The standard InChI is InChI=1S/C18H20N2O4/c1-23-16-5-3-4-13(10-16)6-7-17(21)20-12-15-11-14(8-9-19-15)18(22)24-2/h3-5,8-11H,6-7,12H2,1-2H3,(H,20,21). The summed E-state index contributed by atoms with van der Waals surface area (Å²) < 4.78 is 9.82. The zero-order valence-corrected chi connectivity index (χ0v) is 13.7. The summed E-state index contributed by atoms with van der Waals surface area (Å²) in [6, 6.07) is 10.8. The number of pyridine rings is 1. The van der Waals surface area contributed by atoms with Gasteiger partial charge in [0.05, 0.1) is 32.0 Å². The molecular formula is C18H20N2O4. The van der Waals surface area contributed by atoms with Crippen LogP contribution in [0.4, 0.5) is 0 Å². The van der Waals surface area contributed by atoms with Crippen molar-refractivity contribution in [2.75, 3.05) is 14.2 Å². The number of methoxy groups -OCH3 is 2. The van der Waals surface area contributed by atoms with Crippen molar-refractivity contribution in [1.29, 1.82) is 0 Å².